The summed E-state index contributed by atoms with van der Waals surface area (Å²) in [6.07, 6.45) is 0.665. The molecule has 2 aromatic rings. The van der Waals surface area contributed by atoms with Crippen molar-refractivity contribution < 1.29 is 14.4 Å². The highest BCUT2D eigenvalue weighted by atomic mass is 16.6. The fourth-order valence-corrected chi connectivity index (χ4v) is 3.14. The van der Waals surface area contributed by atoms with E-state index in [0.29, 0.717) is 18.7 Å². The van der Waals surface area contributed by atoms with E-state index in [2.05, 4.69) is 5.32 Å². The molecule has 0 amide bonds. The number of para-hydroxylation sites is 2. The van der Waals surface area contributed by atoms with E-state index in [-0.39, 0.29) is 10.6 Å². The molecule has 0 aliphatic rings. The number of hydrogen-bond acceptors (Lipinski definition) is 5. The van der Waals surface area contributed by atoms with Crippen molar-refractivity contribution in [2.45, 2.75) is 27.2 Å². The number of methoxy groups -OCH3 is 2. The fourth-order valence-electron chi connectivity index (χ4n) is 3.14. The molecule has 0 bridgehead atoms. The Morgan fingerprint density at radius 2 is 1.60 bits per heavy atom. The van der Waals surface area contributed by atoms with Gasteiger partial charge in [0.15, 0.2) is 0 Å². The van der Waals surface area contributed by atoms with Gasteiger partial charge in [-0.25, -0.2) is 0 Å². The van der Waals surface area contributed by atoms with Crippen LogP contribution >= 0.6 is 0 Å². The Labute approximate surface area is 147 Å². The zero-order valence-corrected chi connectivity index (χ0v) is 15.3. The van der Waals surface area contributed by atoms with E-state index in [1.165, 1.54) is 6.07 Å². The molecule has 0 aliphatic heterocycles. The number of nitro benzene ring substituents is 1. The van der Waals surface area contributed by atoms with E-state index in [1.807, 2.05) is 20.8 Å². The van der Waals surface area contributed by atoms with Crippen LogP contribution in [0.15, 0.2) is 24.3 Å². The number of nitrogens with one attached hydrogen (secondary N) is 1. The van der Waals surface area contributed by atoms with Crippen LogP contribution in [0.3, 0.4) is 0 Å². The van der Waals surface area contributed by atoms with Gasteiger partial charge in [0.05, 0.1) is 19.1 Å². The first kappa shape index (κ1) is 18.6. The smallest absolute Gasteiger partial charge is 0.292 e. The molecule has 0 saturated carbocycles. The maximum atomic E-state index is 11.1. The third-order valence-corrected chi connectivity index (χ3v) is 4.51. The maximum Gasteiger partial charge on any atom is 0.292 e. The summed E-state index contributed by atoms with van der Waals surface area (Å²) in [6.45, 7) is 6.58. The summed E-state index contributed by atoms with van der Waals surface area (Å²) in [5.41, 5.74) is 4.78. The lowest BCUT2D eigenvalue weighted by Crippen LogP contribution is -2.10. The minimum absolute atomic E-state index is 0.0730. The topological polar surface area (TPSA) is 73.6 Å². The Morgan fingerprint density at radius 1 is 1.00 bits per heavy atom. The molecule has 6 heteroatoms. The highest BCUT2D eigenvalue weighted by Gasteiger charge is 2.19. The second-order valence-corrected chi connectivity index (χ2v) is 5.87. The first-order valence-corrected chi connectivity index (χ1v) is 8.10. The largest absolute Gasteiger partial charge is 0.496 e. The predicted molar refractivity (Wildman–Crippen MR) is 99.0 cm³/mol. The van der Waals surface area contributed by atoms with E-state index < -0.39 is 0 Å². The van der Waals surface area contributed by atoms with Gasteiger partial charge in [0.1, 0.15) is 17.2 Å². The van der Waals surface area contributed by atoms with Crippen molar-refractivity contribution in [3.8, 4) is 11.5 Å². The molecule has 0 atom stereocenters. The number of nitro groups is 1. The summed E-state index contributed by atoms with van der Waals surface area (Å²) in [7, 11) is 3.32. The van der Waals surface area contributed by atoms with Gasteiger partial charge in [0.2, 0.25) is 0 Å². The van der Waals surface area contributed by atoms with E-state index in [0.717, 1.165) is 33.8 Å². The molecule has 25 heavy (non-hydrogen) atoms. The molecule has 1 N–H and O–H groups in total. The lowest BCUT2D eigenvalue weighted by atomic mass is 9.95. The molecule has 0 radical (unpaired) electrons. The average molecular weight is 344 g/mol. The first-order valence-electron chi connectivity index (χ1n) is 8.10. The van der Waals surface area contributed by atoms with Crippen LogP contribution in [0.25, 0.3) is 0 Å². The van der Waals surface area contributed by atoms with E-state index in [1.54, 1.807) is 32.4 Å². The van der Waals surface area contributed by atoms with E-state index in [9.17, 15) is 10.1 Å². The van der Waals surface area contributed by atoms with Crippen LogP contribution < -0.4 is 14.8 Å². The SMILES string of the molecule is COc1c(C)c(C)c(OC)c(CCNc2ccccc2[N+](=O)[O-])c1C. The molecule has 6 nitrogen and oxygen atoms in total. The average Bonchev–Trinajstić information content (AvgIpc) is 2.60. The van der Waals surface area contributed by atoms with Crippen molar-refractivity contribution >= 4 is 11.4 Å². The number of benzene rings is 2. The summed E-state index contributed by atoms with van der Waals surface area (Å²) in [6, 6.07) is 6.64. The van der Waals surface area contributed by atoms with Gasteiger partial charge in [-0.2, -0.15) is 0 Å². The summed E-state index contributed by atoms with van der Waals surface area (Å²) < 4.78 is 11.2. The Bertz CT molecular complexity index is 787. The first-order chi connectivity index (χ1) is 11.9. The van der Waals surface area contributed by atoms with Gasteiger partial charge in [-0.1, -0.05) is 12.1 Å². The lowest BCUT2D eigenvalue weighted by molar-refractivity contribution is -0.384. The van der Waals surface area contributed by atoms with Crippen molar-refractivity contribution in [2.24, 2.45) is 0 Å². The summed E-state index contributed by atoms with van der Waals surface area (Å²) >= 11 is 0. The quantitative estimate of drug-likeness (QED) is 0.602. The molecule has 0 spiro atoms. The Morgan fingerprint density at radius 3 is 2.20 bits per heavy atom. The summed E-state index contributed by atoms with van der Waals surface area (Å²) in [5, 5.41) is 14.3. The number of nitrogens with zero attached hydrogens (tertiary/aromatic N) is 1. The molecule has 134 valence electrons. The van der Waals surface area contributed by atoms with Gasteiger partial charge in [0, 0.05) is 18.2 Å². The summed E-state index contributed by atoms with van der Waals surface area (Å²) in [4.78, 5) is 10.7. The highest BCUT2D eigenvalue weighted by Crippen LogP contribution is 2.37. The summed E-state index contributed by atoms with van der Waals surface area (Å²) in [5.74, 6) is 1.71. The van der Waals surface area contributed by atoms with Crippen molar-refractivity contribution in [1.29, 1.82) is 0 Å². The highest BCUT2D eigenvalue weighted by molar-refractivity contribution is 5.62. The van der Waals surface area contributed by atoms with Crippen molar-refractivity contribution in [2.75, 3.05) is 26.1 Å². The van der Waals surface area contributed by atoms with E-state index in [4.69, 9.17) is 9.47 Å². The molecule has 0 saturated heterocycles. The Hall–Kier alpha value is -2.76. The second kappa shape index (κ2) is 7.88. The van der Waals surface area contributed by atoms with E-state index >= 15 is 0 Å². The maximum absolute atomic E-state index is 11.1. The minimum Gasteiger partial charge on any atom is -0.496 e. The molecule has 0 unspecified atom stereocenters. The zero-order valence-electron chi connectivity index (χ0n) is 15.3. The monoisotopic (exact) mass is 344 g/mol. The molecule has 0 aromatic heterocycles. The van der Waals surface area contributed by atoms with Crippen LogP contribution in [-0.2, 0) is 6.42 Å². The van der Waals surface area contributed by atoms with Crippen molar-refractivity contribution in [1.82, 2.24) is 0 Å². The van der Waals surface area contributed by atoms with Crippen LogP contribution in [0.4, 0.5) is 11.4 Å². The molecule has 2 rings (SSSR count). The predicted octanol–water partition coefficient (Wildman–Crippen LogP) is 4.19. The molecule has 2 aromatic carbocycles. The van der Waals surface area contributed by atoms with Gasteiger partial charge < -0.3 is 14.8 Å². The normalized spacial score (nSPS) is 10.4. The molecule has 0 fully saturated rings. The van der Waals surface area contributed by atoms with Gasteiger partial charge in [-0.15, -0.1) is 0 Å². The van der Waals surface area contributed by atoms with Gasteiger partial charge in [-0.3, -0.25) is 10.1 Å². The molecular weight excluding hydrogens is 320 g/mol. The molecule has 0 heterocycles. The van der Waals surface area contributed by atoms with Crippen LogP contribution in [-0.4, -0.2) is 25.7 Å². The number of ether oxygens (including phenoxy) is 2. The Balaban J connectivity index is 2.27. The second-order valence-electron chi connectivity index (χ2n) is 5.87. The zero-order chi connectivity index (χ0) is 18.6. The van der Waals surface area contributed by atoms with Gasteiger partial charge in [0.25, 0.3) is 5.69 Å². The van der Waals surface area contributed by atoms with Crippen molar-refractivity contribution in [3.63, 3.8) is 0 Å². The van der Waals surface area contributed by atoms with Crippen LogP contribution in [0.1, 0.15) is 22.3 Å². The van der Waals surface area contributed by atoms with Crippen LogP contribution in [0.5, 0.6) is 11.5 Å². The van der Waals surface area contributed by atoms with Gasteiger partial charge >= 0.3 is 0 Å². The standard InChI is InChI=1S/C19H24N2O4/c1-12-13(2)19(25-5)15(14(3)18(12)24-4)10-11-20-16-8-6-7-9-17(16)21(22)23/h6-9,20H,10-11H2,1-5H3. The third-order valence-electron chi connectivity index (χ3n) is 4.51. The van der Waals surface area contributed by atoms with Crippen LogP contribution in [0, 0.1) is 30.9 Å². The fraction of sp³-hybridized carbons (Fsp3) is 0.368. The number of rotatable bonds is 7. The van der Waals surface area contributed by atoms with Gasteiger partial charge in [-0.05, 0) is 49.9 Å². The number of hydrogen-bond donors (Lipinski definition) is 1. The lowest BCUT2D eigenvalue weighted by Gasteiger charge is -2.20. The number of anilines is 1. The third kappa shape index (κ3) is 3.68. The van der Waals surface area contributed by atoms with Crippen LogP contribution in [0.2, 0.25) is 0 Å². The minimum atomic E-state index is -0.382. The Kier molecular flexibility index (Phi) is 5.85. The molecular formula is C19H24N2O4. The molecule has 0 aliphatic carbocycles. The van der Waals surface area contributed by atoms with Crippen molar-refractivity contribution in [3.05, 3.63) is 56.6 Å².